The van der Waals surface area contributed by atoms with Gasteiger partial charge < -0.3 is 9.64 Å². The Morgan fingerprint density at radius 3 is 2.31 bits per heavy atom. The number of unbranched alkanes of at least 4 members (excludes halogenated alkanes) is 2. The summed E-state index contributed by atoms with van der Waals surface area (Å²) in [5.41, 5.74) is 0.537. The van der Waals surface area contributed by atoms with E-state index in [1.165, 1.54) is 19.2 Å². The molecule has 5 nitrogen and oxygen atoms in total. The molecule has 1 amide bonds. The third kappa shape index (κ3) is 6.72. The lowest BCUT2D eigenvalue weighted by molar-refractivity contribution is 0.0679. The van der Waals surface area contributed by atoms with Gasteiger partial charge in [-0.3, -0.25) is 4.79 Å². The Labute approximate surface area is 158 Å². The van der Waals surface area contributed by atoms with Gasteiger partial charge in [-0.2, -0.15) is 0 Å². The number of ether oxygens (including phenoxy) is 1. The standard InChI is InChI=1S/C20H33NO4S/c1-5-7-8-14-21(17(3)9-6-2)20(22)18-10-12-19(13-11-18)26(23,24)16-15-25-4/h10-13,17H,5-9,14-16H2,1-4H3. The van der Waals surface area contributed by atoms with Gasteiger partial charge in [0.25, 0.3) is 5.91 Å². The van der Waals surface area contributed by atoms with Gasteiger partial charge in [-0.15, -0.1) is 0 Å². The Morgan fingerprint density at radius 2 is 1.77 bits per heavy atom. The molecule has 0 fully saturated rings. The van der Waals surface area contributed by atoms with Crippen LogP contribution in [-0.2, 0) is 14.6 Å². The SMILES string of the molecule is CCCCCN(C(=O)c1ccc(S(=O)(=O)CCOC)cc1)C(C)CCC. The molecule has 0 aromatic heterocycles. The summed E-state index contributed by atoms with van der Waals surface area (Å²) in [5, 5.41) is 0. The molecular weight excluding hydrogens is 350 g/mol. The van der Waals surface area contributed by atoms with Crippen LogP contribution in [0.1, 0.15) is 63.2 Å². The second-order valence-electron chi connectivity index (χ2n) is 6.68. The van der Waals surface area contributed by atoms with Crippen molar-refractivity contribution >= 4 is 15.7 Å². The van der Waals surface area contributed by atoms with E-state index in [4.69, 9.17) is 4.74 Å². The van der Waals surface area contributed by atoms with Crippen molar-refractivity contribution in [1.29, 1.82) is 0 Å². The average molecular weight is 384 g/mol. The van der Waals surface area contributed by atoms with E-state index in [0.717, 1.165) is 38.6 Å². The Hall–Kier alpha value is -1.40. The number of benzene rings is 1. The van der Waals surface area contributed by atoms with Crippen LogP contribution in [0.4, 0.5) is 0 Å². The summed E-state index contributed by atoms with van der Waals surface area (Å²) in [6.45, 7) is 7.23. The van der Waals surface area contributed by atoms with Gasteiger partial charge in [-0.1, -0.05) is 33.1 Å². The predicted octanol–water partition coefficient (Wildman–Crippen LogP) is 3.93. The smallest absolute Gasteiger partial charge is 0.254 e. The number of hydrogen-bond acceptors (Lipinski definition) is 4. The molecule has 1 rings (SSSR count). The highest BCUT2D eigenvalue weighted by molar-refractivity contribution is 7.91. The number of nitrogens with zero attached hydrogens (tertiary/aromatic N) is 1. The van der Waals surface area contributed by atoms with Gasteiger partial charge in [-0.25, -0.2) is 8.42 Å². The lowest BCUT2D eigenvalue weighted by Gasteiger charge is -2.29. The number of carbonyl (C=O) groups excluding carboxylic acids is 1. The van der Waals surface area contributed by atoms with Crippen LogP contribution < -0.4 is 0 Å². The molecule has 0 radical (unpaired) electrons. The molecule has 0 N–H and O–H groups in total. The lowest BCUT2D eigenvalue weighted by atomic mass is 10.1. The van der Waals surface area contributed by atoms with Gasteiger partial charge in [0, 0.05) is 25.3 Å². The Kier molecular flexibility index (Phi) is 9.88. The summed E-state index contributed by atoms with van der Waals surface area (Å²) >= 11 is 0. The predicted molar refractivity (Wildman–Crippen MR) is 105 cm³/mol. The molecule has 1 atom stereocenters. The molecule has 1 aromatic carbocycles. The first-order valence-corrected chi connectivity index (χ1v) is 11.1. The topological polar surface area (TPSA) is 63.7 Å². The maximum Gasteiger partial charge on any atom is 0.254 e. The van der Waals surface area contributed by atoms with Crippen LogP contribution in [0, 0.1) is 0 Å². The molecule has 0 saturated heterocycles. The summed E-state index contributed by atoms with van der Waals surface area (Å²) < 4.78 is 29.2. The molecule has 1 aromatic rings. The second-order valence-corrected chi connectivity index (χ2v) is 8.79. The molecule has 148 valence electrons. The fraction of sp³-hybridized carbons (Fsp3) is 0.650. The highest BCUT2D eigenvalue weighted by Gasteiger charge is 2.21. The fourth-order valence-corrected chi connectivity index (χ4v) is 4.08. The van der Waals surface area contributed by atoms with Crippen LogP contribution in [0.25, 0.3) is 0 Å². The monoisotopic (exact) mass is 383 g/mol. The minimum absolute atomic E-state index is 0.0251. The Balaban J connectivity index is 2.93. The van der Waals surface area contributed by atoms with Crippen molar-refractivity contribution in [2.45, 2.75) is 63.8 Å². The molecule has 0 spiro atoms. The van der Waals surface area contributed by atoms with E-state index in [2.05, 4.69) is 20.8 Å². The molecule has 0 aliphatic carbocycles. The first-order chi connectivity index (χ1) is 12.4. The fourth-order valence-electron chi connectivity index (χ4n) is 2.91. The third-order valence-corrected chi connectivity index (χ3v) is 6.21. The van der Waals surface area contributed by atoms with Crippen molar-refractivity contribution in [1.82, 2.24) is 4.90 Å². The van der Waals surface area contributed by atoms with Gasteiger partial charge in [0.1, 0.15) is 0 Å². The largest absolute Gasteiger partial charge is 0.384 e. The van der Waals surface area contributed by atoms with Crippen molar-refractivity contribution < 1.29 is 17.9 Å². The minimum Gasteiger partial charge on any atom is -0.384 e. The molecule has 0 saturated carbocycles. The normalized spacial score (nSPS) is 12.8. The maximum atomic E-state index is 12.9. The van der Waals surface area contributed by atoms with Gasteiger partial charge in [-0.05, 0) is 44.0 Å². The molecule has 26 heavy (non-hydrogen) atoms. The molecule has 1 unspecified atom stereocenters. The zero-order chi connectivity index (χ0) is 19.6. The Bertz CT molecular complexity index is 640. The van der Waals surface area contributed by atoms with Crippen molar-refractivity contribution in [2.24, 2.45) is 0 Å². The van der Waals surface area contributed by atoms with Crippen LogP contribution in [0.5, 0.6) is 0 Å². The van der Waals surface area contributed by atoms with Crippen LogP contribution in [0.15, 0.2) is 29.2 Å². The third-order valence-electron chi connectivity index (χ3n) is 4.52. The van der Waals surface area contributed by atoms with Gasteiger partial charge >= 0.3 is 0 Å². The quantitative estimate of drug-likeness (QED) is 0.513. The van der Waals surface area contributed by atoms with Crippen molar-refractivity contribution in [3.8, 4) is 0 Å². The summed E-state index contributed by atoms with van der Waals surface area (Å²) in [6.07, 6.45) is 5.17. The zero-order valence-electron chi connectivity index (χ0n) is 16.5. The molecule has 0 bridgehead atoms. The van der Waals surface area contributed by atoms with E-state index >= 15 is 0 Å². The number of methoxy groups -OCH3 is 1. The number of carbonyl (C=O) groups is 1. The first-order valence-electron chi connectivity index (χ1n) is 9.50. The molecule has 0 aliphatic rings. The van der Waals surface area contributed by atoms with Crippen LogP contribution in [0.3, 0.4) is 0 Å². The minimum atomic E-state index is -3.38. The molecule has 0 aliphatic heterocycles. The van der Waals surface area contributed by atoms with Gasteiger partial charge in [0.05, 0.1) is 17.3 Å². The number of hydrogen-bond donors (Lipinski definition) is 0. The Morgan fingerprint density at radius 1 is 1.12 bits per heavy atom. The van der Waals surface area contributed by atoms with E-state index in [0.29, 0.717) is 5.56 Å². The van der Waals surface area contributed by atoms with Crippen molar-refractivity contribution in [3.05, 3.63) is 29.8 Å². The number of rotatable bonds is 12. The second kappa shape index (κ2) is 11.3. The highest BCUT2D eigenvalue weighted by atomic mass is 32.2. The van der Waals surface area contributed by atoms with E-state index in [9.17, 15) is 13.2 Å². The summed E-state index contributed by atoms with van der Waals surface area (Å²) in [5.74, 6) is -0.0871. The molecule has 6 heteroatoms. The van der Waals surface area contributed by atoms with E-state index in [1.54, 1.807) is 12.1 Å². The average Bonchev–Trinajstić information content (AvgIpc) is 2.63. The van der Waals surface area contributed by atoms with Crippen molar-refractivity contribution in [2.75, 3.05) is 26.0 Å². The van der Waals surface area contributed by atoms with E-state index in [-0.39, 0.29) is 29.2 Å². The lowest BCUT2D eigenvalue weighted by Crippen LogP contribution is -2.39. The van der Waals surface area contributed by atoms with Crippen molar-refractivity contribution in [3.63, 3.8) is 0 Å². The van der Waals surface area contributed by atoms with Gasteiger partial charge in [0.2, 0.25) is 0 Å². The van der Waals surface area contributed by atoms with E-state index in [1.807, 2.05) is 4.90 Å². The highest BCUT2D eigenvalue weighted by Crippen LogP contribution is 2.17. The van der Waals surface area contributed by atoms with E-state index < -0.39 is 9.84 Å². The van der Waals surface area contributed by atoms with Gasteiger partial charge in [0.15, 0.2) is 9.84 Å². The zero-order valence-corrected chi connectivity index (χ0v) is 17.3. The molecular formula is C20H33NO4S. The van der Waals surface area contributed by atoms with Crippen LogP contribution >= 0.6 is 0 Å². The number of sulfone groups is 1. The van der Waals surface area contributed by atoms with Crippen LogP contribution in [-0.4, -0.2) is 51.3 Å². The maximum absolute atomic E-state index is 12.9. The summed E-state index contributed by atoms with van der Waals surface area (Å²) in [4.78, 5) is 15.1. The first kappa shape index (κ1) is 22.6. The summed E-state index contributed by atoms with van der Waals surface area (Å²) in [6, 6.07) is 6.45. The van der Waals surface area contributed by atoms with Crippen LogP contribution in [0.2, 0.25) is 0 Å². The summed E-state index contributed by atoms with van der Waals surface area (Å²) in [7, 11) is -1.90. The molecule has 0 heterocycles. The number of amides is 1.